The van der Waals surface area contributed by atoms with Gasteiger partial charge in [-0.1, -0.05) is 42.1 Å². The van der Waals surface area contributed by atoms with Crippen molar-refractivity contribution in [3.63, 3.8) is 0 Å². The number of halogens is 3. The van der Waals surface area contributed by atoms with Crippen LogP contribution in [0.1, 0.15) is 16.1 Å². The summed E-state index contributed by atoms with van der Waals surface area (Å²) in [5, 5.41) is 8.68. The number of para-hydroxylation sites is 2. The maximum Gasteiger partial charge on any atom is 0.573 e. The fourth-order valence-electron chi connectivity index (χ4n) is 3.06. The lowest BCUT2D eigenvalue weighted by Gasteiger charge is -2.12. The average molecular weight is 432 g/mol. The number of aromatic nitrogens is 3. The summed E-state index contributed by atoms with van der Waals surface area (Å²) < 4.78 is 43.4. The van der Waals surface area contributed by atoms with Crippen LogP contribution in [0.4, 0.5) is 13.2 Å². The van der Waals surface area contributed by atoms with Crippen LogP contribution in [0, 0.1) is 0 Å². The van der Waals surface area contributed by atoms with E-state index in [2.05, 4.69) is 20.1 Å². The molecule has 0 atom stereocenters. The Balaban J connectivity index is 1.60. The Morgan fingerprint density at radius 1 is 1.17 bits per heavy atom. The Kier molecular flexibility index (Phi) is 5.25. The molecule has 4 aromatic rings. The molecule has 4 rings (SSSR count). The van der Waals surface area contributed by atoms with Gasteiger partial charge >= 0.3 is 6.36 Å². The van der Waals surface area contributed by atoms with E-state index < -0.39 is 18.0 Å². The third-order valence-electron chi connectivity index (χ3n) is 4.31. The van der Waals surface area contributed by atoms with Crippen LogP contribution in [0.15, 0.2) is 59.8 Å². The SMILES string of the molecule is CSc1nc2ccccc2c2cc(CNC(=O)c3ccccc3OC(F)(F)F)nn12. The van der Waals surface area contributed by atoms with E-state index >= 15 is 0 Å². The van der Waals surface area contributed by atoms with E-state index in [9.17, 15) is 18.0 Å². The molecule has 0 aliphatic heterocycles. The Morgan fingerprint density at radius 3 is 2.67 bits per heavy atom. The zero-order valence-electron chi connectivity index (χ0n) is 15.6. The summed E-state index contributed by atoms with van der Waals surface area (Å²) in [6.45, 7) is 0.0308. The molecule has 1 amide bonds. The fourth-order valence-corrected chi connectivity index (χ4v) is 3.56. The molecule has 0 saturated heterocycles. The number of hydrogen-bond donors (Lipinski definition) is 1. The molecule has 2 heterocycles. The highest BCUT2D eigenvalue weighted by Gasteiger charge is 2.32. The molecule has 154 valence electrons. The average Bonchev–Trinajstić information content (AvgIpc) is 3.15. The van der Waals surface area contributed by atoms with Crippen LogP contribution in [0.25, 0.3) is 16.4 Å². The number of alkyl halides is 3. The zero-order valence-corrected chi connectivity index (χ0v) is 16.4. The number of nitrogens with one attached hydrogen (secondary N) is 1. The van der Waals surface area contributed by atoms with E-state index in [4.69, 9.17) is 0 Å². The Morgan fingerprint density at radius 2 is 1.90 bits per heavy atom. The summed E-state index contributed by atoms with van der Waals surface area (Å²) >= 11 is 1.43. The second-order valence-corrected chi connectivity index (χ2v) is 7.05. The van der Waals surface area contributed by atoms with E-state index in [-0.39, 0.29) is 12.1 Å². The molecule has 2 aromatic carbocycles. The van der Waals surface area contributed by atoms with Crippen molar-refractivity contribution in [3.05, 3.63) is 65.9 Å². The van der Waals surface area contributed by atoms with Crippen LogP contribution < -0.4 is 10.1 Å². The first-order valence-corrected chi connectivity index (χ1v) is 10.0. The maximum atomic E-state index is 12.6. The van der Waals surface area contributed by atoms with Crippen LogP contribution in [-0.4, -0.2) is 33.1 Å². The minimum Gasteiger partial charge on any atom is -0.405 e. The molecule has 10 heteroatoms. The van der Waals surface area contributed by atoms with E-state index in [1.54, 1.807) is 4.52 Å². The van der Waals surface area contributed by atoms with Gasteiger partial charge in [0.2, 0.25) is 0 Å². The summed E-state index contributed by atoms with van der Waals surface area (Å²) in [7, 11) is 0. The molecule has 0 aliphatic carbocycles. The maximum absolute atomic E-state index is 12.6. The largest absolute Gasteiger partial charge is 0.573 e. The molecule has 0 unspecified atom stereocenters. The van der Waals surface area contributed by atoms with Gasteiger partial charge in [0, 0.05) is 5.39 Å². The predicted octanol–water partition coefficient (Wildman–Crippen LogP) is 4.43. The number of rotatable bonds is 5. The number of benzene rings is 2. The lowest BCUT2D eigenvalue weighted by Crippen LogP contribution is -2.25. The van der Waals surface area contributed by atoms with Crippen molar-refractivity contribution < 1.29 is 22.7 Å². The molecule has 6 nitrogen and oxygen atoms in total. The number of carbonyl (C=O) groups is 1. The summed E-state index contributed by atoms with van der Waals surface area (Å²) in [6, 6.07) is 14.6. The van der Waals surface area contributed by atoms with Gasteiger partial charge in [0.15, 0.2) is 5.16 Å². The van der Waals surface area contributed by atoms with Crippen LogP contribution >= 0.6 is 11.8 Å². The van der Waals surface area contributed by atoms with Crippen molar-refractivity contribution in [2.75, 3.05) is 6.26 Å². The van der Waals surface area contributed by atoms with Crippen molar-refractivity contribution in [2.24, 2.45) is 0 Å². The van der Waals surface area contributed by atoms with Gasteiger partial charge in [0.1, 0.15) is 5.75 Å². The van der Waals surface area contributed by atoms with E-state index in [0.717, 1.165) is 22.5 Å². The van der Waals surface area contributed by atoms with E-state index in [1.165, 1.54) is 30.0 Å². The molecular weight excluding hydrogens is 417 g/mol. The van der Waals surface area contributed by atoms with Crippen LogP contribution in [-0.2, 0) is 6.54 Å². The summed E-state index contributed by atoms with van der Waals surface area (Å²) in [6.07, 6.45) is -3.00. The topological polar surface area (TPSA) is 68.5 Å². The minimum absolute atomic E-state index is 0.0308. The number of carbonyl (C=O) groups excluding carboxylic acids is 1. The molecule has 0 fully saturated rings. The highest BCUT2D eigenvalue weighted by Crippen LogP contribution is 2.27. The number of thioether (sulfide) groups is 1. The standard InChI is InChI=1S/C20H15F3N4O2S/c1-30-19-25-15-8-4-2-6-13(15)16-10-12(26-27(16)19)11-24-18(28)14-7-3-5-9-17(14)29-20(21,22)23/h2-10H,11H2,1H3,(H,24,28). The van der Waals surface area contributed by atoms with Crippen molar-refractivity contribution in [2.45, 2.75) is 18.1 Å². The van der Waals surface area contributed by atoms with Gasteiger partial charge in [-0.2, -0.15) is 5.10 Å². The Bertz CT molecular complexity index is 1240. The van der Waals surface area contributed by atoms with E-state index in [0.29, 0.717) is 10.9 Å². The molecule has 0 bridgehead atoms. The lowest BCUT2D eigenvalue weighted by molar-refractivity contribution is -0.274. The fraction of sp³-hybridized carbons (Fsp3) is 0.150. The monoisotopic (exact) mass is 432 g/mol. The van der Waals surface area contributed by atoms with Gasteiger partial charge in [0.25, 0.3) is 5.91 Å². The quantitative estimate of drug-likeness (QED) is 0.373. The van der Waals surface area contributed by atoms with Crippen LogP contribution in [0.2, 0.25) is 0 Å². The van der Waals surface area contributed by atoms with Gasteiger partial charge in [-0.25, -0.2) is 9.50 Å². The third-order valence-corrected chi connectivity index (χ3v) is 4.94. The number of hydrogen-bond acceptors (Lipinski definition) is 5. The van der Waals surface area contributed by atoms with Crippen LogP contribution in [0.3, 0.4) is 0 Å². The van der Waals surface area contributed by atoms with Crippen molar-refractivity contribution in [3.8, 4) is 5.75 Å². The number of amides is 1. The van der Waals surface area contributed by atoms with Crippen molar-refractivity contribution >= 4 is 34.1 Å². The second kappa shape index (κ2) is 7.86. The Hall–Kier alpha value is -3.27. The Labute approximate surface area is 173 Å². The number of fused-ring (bicyclic) bond motifs is 3. The first kappa shape index (κ1) is 20.0. The number of ether oxygens (including phenoxy) is 1. The van der Waals surface area contributed by atoms with Crippen molar-refractivity contribution in [1.82, 2.24) is 19.9 Å². The molecule has 0 saturated carbocycles. The molecule has 1 N–H and O–H groups in total. The first-order chi connectivity index (χ1) is 14.4. The highest BCUT2D eigenvalue weighted by molar-refractivity contribution is 7.98. The van der Waals surface area contributed by atoms with Gasteiger partial charge in [-0.15, -0.1) is 13.2 Å². The van der Waals surface area contributed by atoms with Crippen LogP contribution in [0.5, 0.6) is 5.75 Å². The molecular formula is C20H15F3N4O2S. The highest BCUT2D eigenvalue weighted by atomic mass is 32.2. The lowest BCUT2D eigenvalue weighted by atomic mass is 10.2. The van der Waals surface area contributed by atoms with Gasteiger partial charge in [-0.05, 0) is 30.5 Å². The van der Waals surface area contributed by atoms with Gasteiger partial charge in [0.05, 0.1) is 28.8 Å². The smallest absolute Gasteiger partial charge is 0.405 e. The molecule has 30 heavy (non-hydrogen) atoms. The van der Waals surface area contributed by atoms with E-state index in [1.807, 2.05) is 36.6 Å². The normalized spacial score (nSPS) is 11.7. The second-order valence-electron chi connectivity index (χ2n) is 6.28. The predicted molar refractivity (Wildman–Crippen MR) is 107 cm³/mol. The molecule has 2 aromatic heterocycles. The van der Waals surface area contributed by atoms with Gasteiger partial charge < -0.3 is 10.1 Å². The molecule has 0 radical (unpaired) electrons. The molecule has 0 spiro atoms. The summed E-state index contributed by atoms with van der Waals surface area (Å²) in [5.74, 6) is -1.25. The third kappa shape index (κ3) is 4.04. The minimum atomic E-state index is -4.89. The summed E-state index contributed by atoms with van der Waals surface area (Å²) in [4.78, 5) is 17.0. The molecule has 0 aliphatic rings. The summed E-state index contributed by atoms with van der Waals surface area (Å²) in [5.41, 5.74) is 1.99. The zero-order chi connectivity index (χ0) is 21.3. The van der Waals surface area contributed by atoms with Crippen molar-refractivity contribution in [1.29, 1.82) is 0 Å². The number of nitrogens with zero attached hydrogens (tertiary/aromatic N) is 3. The first-order valence-electron chi connectivity index (χ1n) is 8.80. The van der Waals surface area contributed by atoms with Gasteiger partial charge in [-0.3, -0.25) is 4.79 Å².